The van der Waals surface area contributed by atoms with Crippen LogP contribution in [0.4, 0.5) is 18.9 Å². The van der Waals surface area contributed by atoms with Gasteiger partial charge in [0.15, 0.2) is 0 Å². The summed E-state index contributed by atoms with van der Waals surface area (Å²) in [5.74, 6) is -0.482. The van der Waals surface area contributed by atoms with Crippen molar-refractivity contribution in [3.63, 3.8) is 0 Å². The summed E-state index contributed by atoms with van der Waals surface area (Å²) in [7, 11) is 1.24. The second-order valence-electron chi connectivity index (χ2n) is 3.46. The van der Waals surface area contributed by atoms with E-state index in [1.54, 1.807) is 6.92 Å². The van der Waals surface area contributed by atoms with E-state index in [1.165, 1.54) is 19.2 Å². The molecule has 1 aromatic carbocycles. The van der Waals surface area contributed by atoms with Crippen LogP contribution in [0.3, 0.4) is 0 Å². The van der Waals surface area contributed by atoms with Gasteiger partial charge in [0.1, 0.15) is 6.04 Å². The molecule has 17 heavy (non-hydrogen) atoms. The predicted octanol–water partition coefficient (Wildman–Crippen LogP) is 2.68. The Labute approximate surface area is 96.6 Å². The molecule has 94 valence electrons. The van der Waals surface area contributed by atoms with Gasteiger partial charge in [-0.1, -0.05) is 0 Å². The van der Waals surface area contributed by atoms with E-state index >= 15 is 0 Å². The lowest BCUT2D eigenvalue weighted by Gasteiger charge is -2.13. The molecule has 0 saturated carbocycles. The Kier molecular flexibility index (Phi) is 3.98. The van der Waals surface area contributed by atoms with Crippen LogP contribution in [-0.4, -0.2) is 19.1 Å². The highest BCUT2D eigenvalue weighted by atomic mass is 19.4. The molecule has 3 nitrogen and oxygen atoms in total. The molecule has 0 aliphatic heterocycles. The molecule has 0 aliphatic rings. The van der Waals surface area contributed by atoms with E-state index in [4.69, 9.17) is 0 Å². The van der Waals surface area contributed by atoms with Crippen molar-refractivity contribution in [2.24, 2.45) is 0 Å². The van der Waals surface area contributed by atoms with Crippen LogP contribution in [0.2, 0.25) is 0 Å². The van der Waals surface area contributed by atoms with Crippen molar-refractivity contribution in [3.05, 3.63) is 29.8 Å². The molecule has 1 N–H and O–H groups in total. The highest BCUT2D eigenvalue weighted by Crippen LogP contribution is 2.29. The van der Waals surface area contributed by atoms with Crippen LogP contribution in [0, 0.1) is 0 Å². The SMILES string of the molecule is COC(=O)[C@H](C)Nc1ccc(C(F)(F)F)cc1. The summed E-state index contributed by atoms with van der Waals surface area (Å²) in [6.45, 7) is 1.56. The number of hydrogen-bond donors (Lipinski definition) is 1. The maximum Gasteiger partial charge on any atom is 0.416 e. The maximum atomic E-state index is 12.3. The largest absolute Gasteiger partial charge is 0.467 e. The number of hydrogen-bond acceptors (Lipinski definition) is 3. The highest BCUT2D eigenvalue weighted by Gasteiger charge is 2.30. The maximum absolute atomic E-state index is 12.3. The van der Waals surface area contributed by atoms with Crippen LogP contribution in [0.15, 0.2) is 24.3 Å². The van der Waals surface area contributed by atoms with Crippen LogP contribution in [0.5, 0.6) is 0 Å². The van der Waals surface area contributed by atoms with Crippen LogP contribution in [0.25, 0.3) is 0 Å². The summed E-state index contributed by atoms with van der Waals surface area (Å²) in [6.07, 6.45) is -4.35. The Morgan fingerprint density at radius 1 is 1.29 bits per heavy atom. The van der Waals surface area contributed by atoms with Gasteiger partial charge in [0, 0.05) is 5.69 Å². The lowest BCUT2D eigenvalue weighted by atomic mass is 10.2. The molecule has 1 rings (SSSR count). The molecule has 0 radical (unpaired) electrons. The summed E-state index contributed by atoms with van der Waals surface area (Å²) in [6, 6.07) is 3.82. The predicted molar refractivity (Wildman–Crippen MR) is 56.5 cm³/mol. The molecule has 0 aliphatic carbocycles. The van der Waals surface area contributed by atoms with Gasteiger partial charge in [-0.15, -0.1) is 0 Å². The van der Waals surface area contributed by atoms with Crippen molar-refractivity contribution < 1.29 is 22.7 Å². The van der Waals surface area contributed by atoms with Gasteiger partial charge in [0.2, 0.25) is 0 Å². The second-order valence-corrected chi connectivity index (χ2v) is 3.46. The fraction of sp³-hybridized carbons (Fsp3) is 0.364. The third kappa shape index (κ3) is 3.65. The number of carbonyl (C=O) groups excluding carboxylic acids is 1. The first-order valence-corrected chi connectivity index (χ1v) is 4.86. The van der Waals surface area contributed by atoms with E-state index in [0.717, 1.165) is 12.1 Å². The smallest absolute Gasteiger partial charge is 0.416 e. The van der Waals surface area contributed by atoms with Crippen LogP contribution >= 0.6 is 0 Å². The van der Waals surface area contributed by atoms with Gasteiger partial charge < -0.3 is 10.1 Å². The van der Waals surface area contributed by atoms with E-state index < -0.39 is 23.8 Å². The second kappa shape index (κ2) is 5.07. The van der Waals surface area contributed by atoms with Crippen molar-refractivity contribution in [2.75, 3.05) is 12.4 Å². The van der Waals surface area contributed by atoms with Gasteiger partial charge in [-0.25, -0.2) is 4.79 Å². The standard InChI is InChI=1S/C11H12F3NO2/c1-7(10(16)17-2)15-9-5-3-8(4-6-9)11(12,13)14/h3-7,15H,1-2H3/t7-/m0/s1. The first kappa shape index (κ1) is 13.3. The number of methoxy groups -OCH3 is 1. The molecule has 0 bridgehead atoms. The van der Waals surface area contributed by atoms with Gasteiger partial charge in [-0.05, 0) is 31.2 Å². The molecule has 0 saturated heterocycles. The summed E-state index contributed by atoms with van der Waals surface area (Å²) < 4.78 is 41.3. The normalized spacial score (nSPS) is 13.0. The van der Waals surface area contributed by atoms with Gasteiger partial charge in [0.25, 0.3) is 0 Å². The van der Waals surface area contributed by atoms with E-state index in [2.05, 4.69) is 10.1 Å². The minimum atomic E-state index is -4.35. The summed E-state index contributed by atoms with van der Waals surface area (Å²) in [5.41, 5.74) is -0.301. The van der Waals surface area contributed by atoms with E-state index in [9.17, 15) is 18.0 Å². The quantitative estimate of drug-likeness (QED) is 0.834. The van der Waals surface area contributed by atoms with Crippen molar-refractivity contribution >= 4 is 11.7 Å². The first-order chi connectivity index (χ1) is 7.84. The van der Waals surface area contributed by atoms with Crippen molar-refractivity contribution in [2.45, 2.75) is 19.1 Å². The Hall–Kier alpha value is -1.72. The van der Waals surface area contributed by atoms with Crippen molar-refractivity contribution in [1.82, 2.24) is 0 Å². The monoisotopic (exact) mass is 247 g/mol. The molecule has 1 aromatic rings. The fourth-order valence-electron chi connectivity index (χ4n) is 1.24. The number of nitrogens with one attached hydrogen (secondary N) is 1. The van der Waals surface area contributed by atoms with E-state index in [0.29, 0.717) is 5.69 Å². The molecule has 0 unspecified atom stereocenters. The molecular weight excluding hydrogens is 235 g/mol. The number of carbonyl (C=O) groups is 1. The van der Waals surface area contributed by atoms with Crippen LogP contribution in [-0.2, 0) is 15.7 Å². The number of esters is 1. The zero-order chi connectivity index (χ0) is 13.1. The van der Waals surface area contributed by atoms with Gasteiger partial charge in [-0.2, -0.15) is 13.2 Å². The zero-order valence-electron chi connectivity index (χ0n) is 9.34. The molecule has 0 aromatic heterocycles. The number of benzene rings is 1. The van der Waals surface area contributed by atoms with Crippen LogP contribution < -0.4 is 5.32 Å². The third-order valence-electron chi connectivity index (χ3n) is 2.15. The Bertz CT molecular complexity index is 387. The number of ether oxygens (including phenoxy) is 1. The van der Waals surface area contributed by atoms with Gasteiger partial charge in [-0.3, -0.25) is 0 Å². The minimum absolute atomic E-state index is 0.427. The highest BCUT2D eigenvalue weighted by molar-refractivity contribution is 5.78. The topological polar surface area (TPSA) is 38.3 Å². The van der Waals surface area contributed by atoms with Crippen LogP contribution in [0.1, 0.15) is 12.5 Å². The Morgan fingerprint density at radius 2 is 1.82 bits per heavy atom. The van der Waals surface area contributed by atoms with E-state index in [-0.39, 0.29) is 0 Å². The summed E-state index contributed by atoms with van der Waals surface area (Å²) in [5, 5.41) is 2.73. The van der Waals surface area contributed by atoms with Gasteiger partial charge in [0.05, 0.1) is 12.7 Å². The average molecular weight is 247 g/mol. The third-order valence-corrected chi connectivity index (χ3v) is 2.15. The first-order valence-electron chi connectivity index (χ1n) is 4.86. The molecule has 1 atom stereocenters. The number of alkyl halides is 3. The van der Waals surface area contributed by atoms with E-state index in [1.807, 2.05) is 0 Å². The minimum Gasteiger partial charge on any atom is -0.467 e. The number of anilines is 1. The lowest BCUT2D eigenvalue weighted by Crippen LogP contribution is -2.27. The summed E-state index contributed by atoms with van der Waals surface area (Å²) in [4.78, 5) is 11.1. The fourth-order valence-corrected chi connectivity index (χ4v) is 1.24. The Morgan fingerprint density at radius 3 is 2.24 bits per heavy atom. The number of halogens is 3. The van der Waals surface area contributed by atoms with Crippen molar-refractivity contribution in [3.8, 4) is 0 Å². The average Bonchev–Trinajstić information content (AvgIpc) is 2.27. The molecule has 0 spiro atoms. The summed E-state index contributed by atoms with van der Waals surface area (Å²) >= 11 is 0. The molecule has 0 fully saturated rings. The molecular formula is C11H12F3NO2. The Balaban J connectivity index is 2.72. The molecule has 0 heterocycles. The van der Waals surface area contributed by atoms with Crippen molar-refractivity contribution in [1.29, 1.82) is 0 Å². The molecule has 0 amide bonds. The van der Waals surface area contributed by atoms with Gasteiger partial charge >= 0.3 is 12.1 Å². The lowest BCUT2D eigenvalue weighted by molar-refractivity contribution is -0.141. The zero-order valence-corrected chi connectivity index (χ0v) is 9.34. The number of rotatable bonds is 3. The molecule has 6 heteroatoms.